The monoisotopic (exact) mass is 322 g/mol. The van der Waals surface area contributed by atoms with Gasteiger partial charge in [-0.15, -0.1) is 0 Å². The zero-order valence-electron chi connectivity index (χ0n) is 10.9. The maximum absolute atomic E-state index is 11.6. The Morgan fingerprint density at radius 1 is 0.909 bits per heavy atom. The smallest absolute Gasteiger partial charge is 0.337 e. The summed E-state index contributed by atoms with van der Waals surface area (Å²) in [4.78, 5) is 21.5. The van der Waals surface area contributed by atoms with Crippen molar-refractivity contribution in [2.45, 2.75) is 4.90 Å². The lowest BCUT2D eigenvalue weighted by Gasteiger charge is -2.12. The van der Waals surface area contributed by atoms with E-state index in [2.05, 4.69) is 0 Å². The molecule has 0 radical (unpaired) electrons. The molecular weight excluding hydrogens is 312 g/mol. The van der Waals surface area contributed by atoms with Crippen LogP contribution in [0.2, 0.25) is 0 Å². The maximum atomic E-state index is 11.6. The first-order valence-electron chi connectivity index (χ1n) is 5.89. The third-order valence-electron chi connectivity index (χ3n) is 2.91. The second-order valence-corrected chi connectivity index (χ2v) is 5.71. The molecule has 2 aromatic rings. The lowest BCUT2D eigenvalue weighted by atomic mass is 9.99. The summed E-state index contributed by atoms with van der Waals surface area (Å²) >= 11 is 0. The Bertz CT molecular complexity index is 854. The van der Waals surface area contributed by atoms with Crippen LogP contribution >= 0.6 is 0 Å². The van der Waals surface area contributed by atoms with Gasteiger partial charge in [0.15, 0.2) is 0 Å². The van der Waals surface area contributed by atoms with Crippen molar-refractivity contribution in [2.75, 3.05) is 0 Å². The highest BCUT2D eigenvalue weighted by Crippen LogP contribution is 2.31. The van der Waals surface area contributed by atoms with Gasteiger partial charge in [0, 0.05) is 5.56 Å². The number of carboxylic acid groups (broad SMARTS) is 2. The van der Waals surface area contributed by atoms with Gasteiger partial charge in [0.2, 0.25) is 0 Å². The molecule has 8 heteroatoms. The summed E-state index contributed by atoms with van der Waals surface area (Å²) in [6.45, 7) is 0. The molecule has 3 N–H and O–H groups in total. The van der Waals surface area contributed by atoms with Crippen molar-refractivity contribution in [1.29, 1.82) is 0 Å². The summed E-state index contributed by atoms with van der Waals surface area (Å²) in [5.74, 6) is -3.07. The largest absolute Gasteiger partial charge is 0.478 e. The van der Waals surface area contributed by atoms with Crippen LogP contribution in [0, 0.1) is 0 Å². The standard InChI is InChI=1S/C14H10O7S/c15-13(16)9-6-10(8-4-2-1-3-5-8)12(22(19,20)21)11(7-9)14(17)18/h1-7H,(H,15,16)(H,17,18)(H,19,20,21). The minimum absolute atomic E-state index is 0.194. The minimum Gasteiger partial charge on any atom is -0.478 e. The van der Waals surface area contributed by atoms with E-state index in [9.17, 15) is 22.6 Å². The fourth-order valence-electron chi connectivity index (χ4n) is 2.02. The molecule has 0 aliphatic carbocycles. The van der Waals surface area contributed by atoms with Crippen LogP contribution in [0.1, 0.15) is 20.7 Å². The Balaban J connectivity index is 2.96. The molecule has 0 amide bonds. The molecular formula is C14H10O7S. The third-order valence-corrected chi connectivity index (χ3v) is 3.86. The topological polar surface area (TPSA) is 129 Å². The van der Waals surface area contributed by atoms with E-state index in [1.54, 1.807) is 18.2 Å². The van der Waals surface area contributed by atoms with Crippen molar-refractivity contribution in [2.24, 2.45) is 0 Å². The van der Waals surface area contributed by atoms with Crippen LogP contribution < -0.4 is 0 Å². The first-order chi connectivity index (χ1) is 10.2. The van der Waals surface area contributed by atoms with E-state index in [1.807, 2.05) is 0 Å². The second-order valence-electron chi connectivity index (χ2n) is 4.35. The number of carbonyl (C=O) groups is 2. The van der Waals surface area contributed by atoms with Gasteiger partial charge in [0.1, 0.15) is 4.90 Å². The number of benzene rings is 2. The van der Waals surface area contributed by atoms with Crippen molar-refractivity contribution in [1.82, 2.24) is 0 Å². The number of aromatic carboxylic acids is 2. The van der Waals surface area contributed by atoms with Crippen LogP contribution in [0.4, 0.5) is 0 Å². The van der Waals surface area contributed by atoms with Crippen LogP contribution in [-0.2, 0) is 10.1 Å². The average molecular weight is 322 g/mol. The first kappa shape index (κ1) is 15.7. The van der Waals surface area contributed by atoms with Gasteiger partial charge < -0.3 is 10.2 Å². The quantitative estimate of drug-likeness (QED) is 0.734. The lowest BCUT2D eigenvalue weighted by molar-refractivity contribution is 0.0692. The molecule has 0 atom stereocenters. The molecule has 2 aromatic carbocycles. The third kappa shape index (κ3) is 2.97. The second kappa shape index (κ2) is 5.58. The fraction of sp³-hybridized carbons (Fsp3) is 0. The predicted octanol–water partition coefficient (Wildman–Crippen LogP) is 2.00. The molecule has 22 heavy (non-hydrogen) atoms. The Morgan fingerprint density at radius 3 is 1.95 bits per heavy atom. The number of carboxylic acids is 2. The molecule has 0 aliphatic heterocycles. The van der Waals surface area contributed by atoms with Crippen LogP contribution in [0.3, 0.4) is 0 Å². The van der Waals surface area contributed by atoms with Crippen LogP contribution in [0.25, 0.3) is 11.1 Å². The van der Waals surface area contributed by atoms with Gasteiger partial charge in [0.25, 0.3) is 10.1 Å². The molecule has 0 aliphatic rings. The van der Waals surface area contributed by atoms with Gasteiger partial charge in [0.05, 0.1) is 11.1 Å². The normalized spacial score (nSPS) is 11.1. The SMILES string of the molecule is O=C(O)c1cc(C(=O)O)c(S(=O)(=O)O)c(-c2ccccc2)c1. The van der Waals surface area contributed by atoms with Gasteiger partial charge in [-0.2, -0.15) is 8.42 Å². The Hall–Kier alpha value is -2.71. The molecule has 0 saturated heterocycles. The predicted molar refractivity (Wildman–Crippen MR) is 75.6 cm³/mol. The van der Waals surface area contributed by atoms with Gasteiger partial charge in [-0.05, 0) is 17.7 Å². The Labute approximate surface area is 125 Å². The number of hydrogen-bond acceptors (Lipinski definition) is 4. The fourth-order valence-corrected chi connectivity index (χ4v) is 2.90. The summed E-state index contributed by atoms with van der Waals surface area (Å²) < 4.78 is 32.5. The van der Waals surface area contributed by atoms with Gasteiger partial charge in [-0.25, -0.2) is 9.59 Å². The molecule has 0 heterocycles. The van der Waals surface area contributed by atoms with E-state index < -0.39 is 38.1 Å². The lowest BCUT2D eigenvalue weighted by Crippen LogP contribution is -2.12. The summed E-state index contributed by atoms with van der Waals surface area (Å²) in [5.41, 5.74) is -1.13. The molecule has 7 nitrogen and oxygen atoms in total. The van der Waals surface area contributed by atoms with E-state index in [-0.39, 0.29) is 11.1 Å². The van der Waals surface area contributed by atoms with E-state index in [0.717, 1.165) is 6.07 Å². The summed E-state index contributed by atoms with van der Waals surface area (Å²) in [6, 6.07) is 9.43. The van der Waals surface area contributed by atoms with E-state index >= 15 is 0 Å². The highest BCUT2D eigenvalue weighted by Gasteiger charge is 2.27. The van der Waals surface area contributed by atoms with Crippen molar-refractivity contribution >= 4 is 22.1 Å². The van der Waals surface area contributed by atoms with E-state index in [1.165, 1.54) is 12.1 Å². The first-order valence-corrected chi connectivity index (χ1v) is 7.33. The van der Waals surface area contributed by atoms with Crippen molar-refractivity contribution < 1.29 is 32.8 Å². The highest BCUT2D eigenvalue weighted by atomic mass is 32.2. The van der Waals surface area contributed by atoms with E-state index in [0.29, 0.717) is 6.07 Å². The highest BCUT2D eigenvalue weighted by molar-refractivity contribution is 7.86. The van der Waals surface area contributed by atoms with Crippen molar-refractivity contribution in [3.8, 4) is 11.1 Å². The summed E-state index contributed by atoms with van der Waals surface area (Å²) in [7, 11) is -4.87. The van der Waals surface area contributed by atoms with Crippen molar-refractivity contribution in [3.05, 3.63) is 53.6 Å². The Morgan fingerprint density at radius 2 is 1.50 bits per heavy atom. The van der Waals surface area contributed by atoms with Gasteiger partial charge >= 0.3 is 11.9 Å². The zero-order valence-corrected chi connectivity index (χ0v) is 11.7. The van der Waals surface area contributed by atoms with Crippen LogP contribution in [0.15, 0.2) is 47.4 Å². The molecule has 0 bridgehead atoms. The molecule has 0 aromatic heterocycles. The van der Waals surface area contributed by atoms with Crippen LogP contribution in [-0.4, -0.2) is 35.1 Å². The molecule has 0 saturated carbocycles. The maximum Gasteiger partial charge on any atom is 0.337 e. The van der Waals surface area contributed by atoms with Gasteiger partial charge in [-0.1, -0.05) is 30.3 Å². The number of rotatable bonds is 4. The van der Waals surface area contributed by atoms with Crippen LogP contribution in [0.5, 0.6) is 0 Å². The average Bonchev–Trinajstić information content (AvgIpc) is 2.45. The summed E-state index contributed by atoms with van der Waals surface area (Å²) in [5, 5.41) is 18.2. The molecule has 0 fully saturated rings. The molecule has 114 valence electrons. The summed E-state index contributed by atoms with van der Waals surface area (Å²) in [6.07, 6.45) is 0. The Kier molecular flexibility index (Phi) is 3.98. The zero-order chi connectivity index (χ0) is 16.5. The molecule has 0 unspecified atom stereocenters. The molecule has 2 rings (SSSR count). The van der Waals surface area contributed by atoms with E-state index in [4.69, 9.17) is 10.2 Å². The number of hydrogen-bond donors (Lipinski definition) is 3. The molecule has 0 spiro atoms. The minimum atomic E-state index is -4.87. The van der Waals surface area contributed by atoms with Crippen molar-refractivity contribution in [3.63, 3.8) is 0 Å². The van der Waals surface area contributed by atoms with Gasteiger partial charge in [-0.3, -0.25) is 4.55 Å².